The topological polar surface area (TPSA) is 56.2 Å². The predicted octanol–water partition coefficient (Wildman–Crippen LogP) is 5.51. The van der Waals surface area contributed by atoms with Crippen LogP contribution in [0.25, 0.3) is 11.1 Å². The van der Waals surface area contributed by atoms with E-state index in [0.717, 1.165) is 6.07 Å². The van der Waals surface area contributed by atoms with Crippen LogP contribution in [0.3, 0.4) is 0 Å². The summed E-state index contributed by atoms with van der Waals surface area (Å²) in [7, 11) is 1.49. The lowest BCUT2D eigenvalue weighted by Crippen LogP contribution is -2.14. The second-order valence-corrected chi connectivity index (χ2v) is 6.50. The van der Waals surface area contributed by atoms with Crippen LogP contribution in [0, 0.1) is 5.82 Å². The predicted molar refractivity (Wildman–Crippen MR) is 100 cm³/mol. The minimum absolute atomic E-state index is 0.0168. The second kappa shape index (κ2) is 7.62. The van der Waals surface area contributed by atoms with Gasteiger partial charge in [0.05, 0.1) is 21.3 Å². The summed E-state index contributed by atoms with van der Waals surface area (Å²) in [5.41, 5.74) is 6.71. The Kier molecular flexibility index (Phi) is 5.43. The fourth-order valence-electron chi connectivity index (χ4n) is 2.56. The molecule has 0 aliphatic carbocycles. The van der Waals surface area contributed by atoms with E-state index < -0.39 is 17.9 Å². The van der Waals surface area contributed by atoms with Gasteiger partial charge in [0.1, 0.15) is 17.3 Å². The highest BCUT2D eigenvalue weighted by Gasteiger charge is 2.20. The van der Waals surface area contributed by atoms with Crippen LogP contribution >= 0.6 is 23.2 Å². The molecule has 140 valence electrons. The van der Waals surface area contributed by atoms with Crippen molar-refractivity contribution in [3.8, 4) is 11.1 Å². The van der Waals surface area contributed by atoms with Crippen LogP contribution in [0.15, 0.2) is 47.6 Å². The smallest absolute Gasteiger partial charge is 0.282 e. The molecule has 0 bridgehead atoms. The van der Waals surface area contributed by atoms with Crippen LogP contribution < -0.4 is 5.73 Å². The number of hydrogen-bond acceptors (Lipinski definition) is 2. The summed E-state index contributed by atoms with van der Waals surface area (Å²) < 4.78 is 41.3. The van der Waals surface area contributed by atoms with E-state index >= 15 is 0 Å². The van der Waals surface area contributed by atoms with Crippen LogP contribution in [-0.4, -0.2) is 15.6 Å². The van der Waals surface area contributed by atoms with E-state index in [4.69, 9.17) is 28.9 Å². The minimum Gasteiger partial charge on any atom is -0.383 e. The van der Waals surface area contributed by atoms with E-state index in [2.05, 4.69) is 10.1 Å². The number of alkyl halides is 2. The molecule has 0 amide bonds. The third kappa shape index (κ3) is 4.09. The zero-order chi connectivity index (χ0) is 19.7. The fraction of sp³-hybridized carbons (Fsp3) is 0.111. The first-order chi connectivity index (χ1) is 12.8. The van der Waals surface area contributed by atoms with Crippen molar-refractivity contribution in [2.45, 2.75) is 6.43 Å². The van der Waals surface area contributed by atoms with Gasteiger partial charge in [0.15, 0.2) is 0 Å². The lowest BCUT2D eigenvalue weighted by atomic mass is 10.0. The van der Waals surface area contributed by atoms with Gasteiger partial charge in [0.2, 0.25) is 0 Å². The number of aryl methyl sites for hydroxylation is 1. The molecule has 0 atom stereocenters. The van der Waals surface area contributed by atoms with Crippen molar-refractivity contribution in [3.05, 3.63) is 69.7 Å². The van der Waals surface area contributed by atoms with Crippen molar-refractivity contribution in [1.82, 2.24) is 9.78 Å². The zero-order valence-electron chi connectivity index (χ0n) is 13.9. The number of hydrogen-bond donors (Lipinski definition) is 1. The molecule has 0 fully saturated rings. The lowest BCUT2D eigenvalue weighted by Gasteiger charge is -2.09. The van der Waals surface area contributed by atoms with Crippen LogP contribution in [0.1, 0.15) is 17.7 Å². The van der Waals surface area contributed by atoms with Crippen LogP contribution in [0.2, 0.25) is 10.0 Å². The maximum Gasteiger partial charge on any atom is 0.282 e. The first kappa shape index (κ1) is 19.3. The summed E-state index contributed by atoms with van der Waals surface area (Å²) in [4.78, 5) is 4.17. The van der Waals surface area contributed by atoms with E-state index in [1.807, 2.05) is 0 Å². The number of aliphatic imine (C=N–C) groups is 1. The Balaban J connectivity index is 2.13. The van der Waals surface area contributed by atoms with Crippen molar-refractivity contribution < 1.29 is 13.2 Å². The van der Waals surface area contributed by atoms with Gasteiger partial charge in [-0.1, -0.05) is 29.3 Å². The van der Waals surface area contributed by atoms with Crippen molar-refractivity contribution in [2.75, 3.05) is 0 Å². The molecule has 3 aromatic rings. The van der Waals surface area contributed by atoms with Crippen molar-refractivity contribution in [3.63, 3.8) is 0 Å². The number of nitrogens with two attached hydrogens (primary N) is 1. The Bertz CT molecular complexity index is 1030. The van der Waals surface area contributed by atoms with Gasteiger partial charge in [-0.25, -0.2) is 18.2 Å². The van der Waals surface area contributed by atoms with Gasteiger partial charge in [-0.15, -0.1) is 0 Å². The first-order valence-electron chi connectivity index (χ1n) is 7.67. The highest BCUT2D eigenvalue weighted by Crippen LogP contribution is 2.35. The first-order valence-corrected chi connectivity index (χ1v) is 8.43. The summed E-state index contributed by atoms with van der Waals surface area (Å²) in [6, 6.07) is 8.78. The normalized spacial score (nSPS) is 12.0. The molecule has 0 saturated carbocycles. The standard InChI is InChI=1S/C18H13Cl2F3N4/c1-27-8-12(16(26-27)17(22)23)18(24)25-15-7-10(21)3-4-11(15)9-2-5-13(19)14(20)6-9/h2-8,17H,1H3,(H2,24,25). The quantitative estimate of drug-likeness (QED) is 0.453. The SMILES string of the molecule is Cn1cc(C(N)=Nc2cc(F)ccc2-c2ccc(Cl)c(Cl)c2)c(C(F)F)n1. The molecule has 0 unspecified atom stereocenters. The van der Waals surface area contributed by atoms with Gasteiger partial charge in [-0.3, -0.25) is 4.68 Å². The van der Waals surface area contributed by atoms with Crippen molar-refractivity contribution in [2.24, 2.45) is 17.8 Å². The van der Waals surface area contributed by atoms with Crippen molar-refractivity contribution in [1.29, 1.82) is 0 Å². The molecule has 1 aromatic heterocycles. The monoisotopic (exact) mass is 412 g/mol. The Morgan fingerprint density at radius 3 is 2.56 bits per heavy atom. The average Bonchev–Trinajstić information content (AvgIpc) is 3.00. The number of benzene rings is 2. The molecule has 2 N–H and O–H groups in total. The van der Waals surface area contributed by atoms with E-state index in [9.17, 15) is 13.2 Å². The molecule has 0 saturated heterocycles. The summed E-state index contributed by atoms with van der Waals surface area (Å²) in [5, 5.41) is 4.37. The molecular weight excluding hydrogens is 400 g/mol. The molecule has 1 heterocycles. The molecule has 27 heavy (non-hydrogen) atoms. The summed E-state index contributed by atoms with van der Waals surface area (Å²) in [6.45, 7) is 0. The van der Waals surface area contributed by atoms with Gasteiger partial charge in [0, 0.05) is 24.9 Å². The lowest BCUT2D eigenvalue weighted by molar-refractivity contribution is 0.145. The van der Waals surface area contributed by atoms with Gasteiger partial charge < -0.3 is 5.73 Å². The van der Waals surface area contributed by atoms with Crippen LogP contribution in [0.4, 0.5) is 18.9 Å². The number of halogens is 5. The molecule has 0 spiro atoms. The third-order valence-electron chi connectivity index (χ3n) is 3.77. The van der Waals surface area contributed by atoms with Crippen molar-refractivity contribution >= 4 is 34.7 Å². The molecule has 0 radical (unpaired) electrons. The molecule has 0 aliphatic heterocycles. The van der Waals surface area contributed by atoms with Crippen LogP contribution in [0.5, 0.6) is 0 Å². The maximum absolute atomic E-state index is 13.8. The van der Waals surface area contributed by atoms with E-state index in [1.165, 1.54) is 30.1 Å². The average molecular weight is 413 g/mol. The zero-order valence-corrected chi connectivity index (χ0v) is 15.4. The fourth-order valence-corrected chi connectivity index (χ4v) is 2.86. The van der Waals surface area contributed by atoms with Gasteiger partial charge in [-0.2, -0.15) is 5.10 Å². The largest absolute Gasteiger partial charge is 0.383 e. The Morgan fingerprint density at radius 2 is 1.89 bits per heavy atom. The second-order valence-electron chi connectivity index (χ2n) is 5.69. The Labute approximate surface area is 163 Å². The number of amidine groups is 1. The van der Waals surface area contributed by atoms with E-state index in [-0.39, 0.29) is 17.1 Å². The number of rotatable bonds is 4. The minimum atomic E-state index is -2.82. The Hall–Kier alpha value is -2.51. The van der Waals surface area contributed by atoms with Gasteiger partial charge in [0.25, 0.3) is 6.43 Å². The molecule has 0 aliphatic rings. The van der Waals surface area contributed by atoms with Gasteiger partial charge in [-0.05, 0) is 29.8 Å². The Morgan fingerprint density at radius 1 is 1.15 bits per heavy atom. The molecule has 3 rings (SSSR count). The molecule has 9 heteroatoms. The summed E-state index contributed by atoms with van der Waals surface area (Å²) >= 11 is 12.0. The third-order valence-corrected chi connectivity index (χ3v) is 4.51. The van der Waals surface area contributed by atoms with Crippen LogP contribution in [-0.2, 0) is 7.05 Å². The van der Waals surface area contributed by atoms with E-state index in [1.54, 1.807) is 18.2 Å². The molecule has 4 nitrogen and oxygen atoms in total. The number of nitrogens with zero attached hydrogens (tertiary/aromatic N) is 3. The highest BCUT2D eigenvalue weighted by atomic mass is 35.5. The summed E-state index contributed by atoms with van der Waals surface area (Å²) in [5.74, 6) is -0.754. The molecule has 2 aromatic carbocycles. The van der Waals surface area contributed by atoms with Gasteiger partial charge >= 0.3 is 0 Å². The maximum atomic E-state index is 13.8. The molecular formula is C18H13Cl2F3N4. The number of aromatic nitrogens is 2. The van der Waals surface area contributed by atoms with E-state index in [0.29, 0.717) is 21.2 Å². The summed E-state index contributed by atoms with van der Waals surface area (Å²) in [6.07, 6.45) is -1.49. The highest BCUT2D eigenvalue weighted by molar-refractivity contribution is 6.42.